The van der Waals surface area contributed by atoms with Gasteiger partial charge < -0.3 is 5.32 Å². The molecule has 1 aliphatic heterocycles. The highest BCUT2D eigenvalue weighted by molar-refractivity contribution is 7.89. The van der Waals surface area contributed by atoms with Crippen LogP contribution in [0.15, 0.2) is 58.8 Å². The summed E-state index contributed by atoms with van der Waals surface area (Å²) in [4.78, 5) is 17.2. The molecule has 9 heteroatoms. The van der Waals surface area contributed by atoms with Crippen LogP contribution in [0.2, 0.25) is 5.02 Å². The fourth-order valence-corrected chi connectivity index (χ4v) is 6.03. The summed E-state index contributed by atoms with van der Waals surface area (Å²) in [5, 5.41) is 5.96. The molecule has 1 aliphatic rings. The summed E-state index contributed by atoms with van der Waals surface area (Å²) in [6.45, 7) is 1.08. The molecule has 0 radical (unpaired) electrons. The largest absolute Gasteiger partial charge is 0.326 e. The number of sulfonamides is 1. The van der Waals surface area contributed by atoms with Crippen LogP contribution in [-0.2, 0) is 21.2 Å². The van der Waals surface area contributed by atoms with E-state index in [1.54, 1.807) is 24.3 Å². The molecule has 2 aromatic carbocycles. The van der Waals surface area contributed by atoms with E-state index in [1.165, 1.54) is 21.7 Å². The Labute approximate surface area is 184 Å². The lowest BCUT2D eigenvalue weighted by Crippen LogP contribution is -2.28. The van der Waals surface area contributed by atoms with Crippen molar-refractivity contribution in [1.29, 1.82) is 0 Å². The second-order valence-electron chi connectivity index (χ2n) is 6.99. The van der Waals surface area contributed by atoms with Gasteiger partial charge in [0, 0.05) is 29.7 Å². The number of hydrogen-bond acceptors (Lipinski definition) is 5. The average Bonchev–Trinajstić information content (AvgIpc) is 3.41. The molecule has 0 bridgehead atoms. The van der Waals surface area contributed by atoms with Crippen molar-refractivity contribution in [3.63, 3.8) is 0 Å². The molecule has 4 rings (SSSR count). The van der Waals surface area contributed by atoms with Gasteiger partial charge in [0.15, 0.2) is 0 Å². The summed E-state index contributed by atoms with van der Waals surface area (Å²) in [5.74, 6) is -0.262. The van der Waals surface area contributed by atoms with Crippen molar-refractivity contribution in [2.45, 2.75) is 24.2 Å². The zero-order valence-electron chi connectivity index (χ0n) is 16.0. The predicted molar refractivity (Wildman–Crippen MR) is 119 cm³/mol. The van der Waals surface area contributed by atoms with Gasteiger partial charge in [-0.15, -0.1) is 11.3 Å². The summed E-state index contributed by atoms with van der Waals surface area (Å²) < 4.78 is 26.9. The van der Waals surface area contributed by atoms with Crippen LogP contribution >= 0.6 is 22.9 Å². The fourth-order valence-electron chi connectivity index (χ4n) is 3.33. The number of nitrogens with zero attached hydrogens (tertiary/aromatic N) is 2. The van der Waals surface area contributed by atoms with Crippen molar-refractivity contribution in [3.05, 3.63) is 64.6 Å². The Bertz CT molecular complexity index is 1170. The van der Waals surface area contributed by atoms with Gasteiger partial charge in [-0.05, 0) is 37.1 Å². The Kier molecular flexibility index (Phi) is 6.19. The third kappa shape index (κ3) is 4.57. The molecule has 1 saturated heterocycles. The van der Waals surface area contributed by atoms with Crippen LogP contribution in [0.1, 0.15) is 18.5 Å². The van der Waals surface area contributed by atoms with E-state index in [4.69, 9.17) is 11.6 Å². The minimum absolute atomic E-state index is 0.0874. The van der Waals surface area contributed by atoms with E-state index in [9.17, 15) is 13.2 Å². The van der Waals surface area contributed by atoms with Gasteiger partial charge in [-0.25, -0.2) is 13.4 Å². The summed E-state index contributed by atoms with van der Waals surface area (Å²) in [6, 6.07) is 13.8. The maximum Gasteiger partial charge on any atom is 0.243 e. The second kappa shape index (κ2) is 8.85. The lowest BCUT2D eigenvalue weighted by Gasteiger charge is -2.16. The van der Waals surface area contributed by atoms with Crippen molar-refractivity contribution < 1.29 is 13.2 Å². The monoisotopic (exact) mass is 461 g/mol. The number of anilines is 1. The van der Waals surface area contributed by atoms with Crippen molar-refractivity contribution in [1.82, 2.24) is 9.29 Å². The van der Waals surface area contributed by atoms with Gasteiger partial charge in [0.1, 0.15) is 5.01 Å². The molecule has 1 amide bonds. The number of halogens is 1. The maximum atomic E-state index is 12.7. The molecule has 2 heterocycles. The number of rotatable bonds is 6. The SMILES string of the molecule is O=C(Cc1csc(-c2ccccc2Cl)n1)Nc1cccc(S(=O)(=O)N2CCCC2)c1. The number of benzene rings is 2. The smallest absolute Gasteiger partial charge is 0.243 e. The van der Waals surface area contributed by atoms with Crippen LogP contribution in [0.5, 0.6) is 0 Å². The number of hydrogen-bond donors (Lipinski definition) is 1. The number of aromatic nitrogens is 1. The van der Waals surface area contributed by atoms with Crippen LogP contribution in [0.3, 0.4) is 0 Å². The third-order valence-electron chi connectivity index (χ3n) is 4.82. The summed E-state index contributed by atoms with van der Waals surface area (Å²) in [5.41, 5.74) is 1.91. The number of amides is 1. The van der Waals surface area contributed by atoms with E-state index in [2.05, 4.69) is 10.3 Å². The topological polar surface area (TPSA) is 79.4 Å². The third-order valence-corrected chi connectivity index (χ3v) is 7.97. The first-order chi connectivity index (χ1) is 14.4. The molecule has 0 saturated carbocycles. The minimum atomic E-state index is -3.53. The highest BCUT2D eigenvalue weighted by Crippen LogP contribution is 2.30. The van der Waals surface area contributed by atoms with Crippen LogP contribution in [0, 0.1) is 0 Å². The standard InChI is InChI=1S/C21H20ClN3O3S2/c22-19-9-2-1-8-18(19)21-24-16(14-29-21)13-20(26)23-15-6-5-7-17(12-15)30(27,28)25-10-3-4-11-25/h1-2,5-9,12,14H,3-4,10-11,13H2,(H,23,26). The molecule has 0 atom stereocenters. The highest BCUT2D eigenvalue weighted by atomic mass is 35.5. The first-order valence-corrected chi connectivity index (χ1v) is 12.2. The molecule has 0 unspecified atom stereocenters. The van der Waals surface area contributed by atoms with Gasteiger partial charge in [-0.2, -0.15) is 4.31 Å². The molecule has 0 spiro atoms. The Hall–Kier alpha value is -2.26. The van der Waals surface area contributed by atoms with Crippen molar-refractivity contribution in [3.8, 4) is 10.6 Å². The van der Waals surface area contributed by atoms with E-state index in [0.29, 0.717) is 29.5 Å². The summed E-state index contributed by atoms with van der Waals surface area (Å²) in [7, 11) is -3.53. The van der Waals surface area contributed by atoms with Gasteiger partial charge in [0.05, 0.1) is 22.0 Å². The highest BCUT2D eigenvalue weighted by Gasteiger charge is 2.27. The lowest BCUT2D eigenvalue weighted by molar-refractivity contribution is -0.115. The van der Waals surface area contributed by atoms with Crippen LogP contribution in [-0.4, -0.2) is 36.7 Å². The zero-order chi connectivity index (χ0) is 21.1. The first-order valence-electron chi connectivity index (χ1n) is 9.53. The Morgan fingerprint density at radius 1 is 1.13 bits per heavy atom. The van der Waals surface area contributed by atoms with Crippen LogP contribution in [0.25, 0.3) is 10.6 Å². The molecule has 6 nitrogen and oxygen atoms in total. The second-order valence-corrected chi connectivity index (χ2v) is 10.2. The molecule has 1 fully saturated rings. The van der Waals surface area contributed by atoms with Crippen LogP contribution in [0.4, 0.5) is 5.69 Å². The van der Waals surface area contributed by atoms with Gasteiger partial charge >= 0.3 is 0 Å². The number of thiazole rings is 1. The fraction of sp³-hybridized carbons (Fsp3) is 0.238. The lowest BCUT2D eigenvalue weighted by atomic mass is 10.2. The van der Waals surface area contributed by atoms with E-state index in [1.807, 2.05) is 23.6 Å². The van der Waals surface area contributed by atoms with Crippen molar-refractivity contribution in [2.75, 3.05) is 18.4 Å². The molecule has 1 aromatic heterocycles. The summed E-state index contributed by atoms with van der Waals surface area (Å²) in [6.07, 6.45) is 1.84. The van der Waals surface area contributed by atoms with Gasteiger partial charge in [0.25, 0.3) is 0 Å². The summed E-state index contributed by atoms with van der Waals surface area (Å²) >= 11 is 7.64. The van der Waals surface area contributed by atoms with Gasteiger partial charge in [-0.1, -0.05) is 35.9 Å². The number of carbonyl (C=O) groups excluding carboxylic acids is 1. The molecule has 1 N–H and O–H groups in total. The predicted octanol–water partition coefficient (Wildman–Crippen LogP) is 4.43. The van der Waals surface area contributed by atoms with E-state index < -0.39 is 10.0 Å². The zero-order valence-corrected chi connectivity index (χ0v) is 18.4. The van der Waals surface area contributed by atoms with E-state index >= 15 is 0 Å². The normalized spacial score (nSPS) is 14.7. The first kappa shape index (κ1) is 21.0. The molecular formula is C21H20ClN3O3S2. The van der Waals surface area contributed by atoms with Crippen molar-refractivity contribution >= 4 is 44.6 Å². The molecule has 30 heavy (non-hydrogen) atoms. The van der Waals surface area contributed by atoms with Crippen molar-refractivity contribution in [2.24, 2.45) is 0 Å². The number of carbonyl (C=O) groups is 1. The average molecular weight is 462 g/mol. The molecule has 0 aliphatic carbocycles. The Balaban J connectivity index is 1.44. The van der Waals surface area contributed by atoms with Crippen LogP contribution < -0.4 is 5.32 Å². The maximum absolute atomic E-state index is 12.7. The van der Waals surface area contributed by atoms with Gasteiger partial charge in [0.2, 0.25) is 15.9 Å². The molecule has 156 valence electrons. The van der Waals surface area contributed by atoms with Gasteiger partial charge in [-0.3, -0.25) is 4.79 Å². The Morgan fingerprint density at radius 2 is 1.90 bits per heavy atom. The quantitative estimate of drug-likeness (QED) is 0.589. The van der Waals surface area contributed by atoms with E-state index in [0.717, 1.165) is 23.4 Å². The Morgan fingerprint density at radius 3 is 2.67 bits per heavy atom. The number of nitrogens with one attached hydrogen (secondary N) is 1. The minimum Gasteiger partial charge on any atom is -0.326 e. The molecular weight excluding hydrogens is 442 g/mol. The molecule has 3 aromatic rings. The van der Waals surface area contributed by atoms with E-state index in [-0.39, 0.29) is 17.2 Å².